The van der Waals surface area contributed by atoms with Crippen LogP contribution >= 0.6 is 0 Å². The van der Waals surface area contributed by atoms with Gasteiger partial charge in [-0.2, -0.15) is 0 Å². The summed E-state index contributed by atoms with van der Waals surface area (Å²) >= 11 is 0. The maximum absolute atomic E-state index is 13.3. The molecule has 0 aliphatic carbocycles. The van der Waals surface area contributed by atoms with Gasteiger partial charge in [-0.1, -0.05) is 32.0 Å². The molecule has 1 aromatic rings. The van der Waals surface area contributed by atoms with Crippen LogP contribution in [-0.2, 0) is 0 Å². The monoisotopic (exact) mass is 225 g/mol. The van der Waals surface area contributed by atoms with E-state index in [1.165, 1.54) is 6.07 Å². The average Bonchev–Trinajstić information content (AvgIpc) is 2.30. The molecule has 2 nitrogen and oxygen atoms in total. The van der Waals surface area contributed by atoms with Crippen LogP contribution in [0.3, 0.4) is 0 Å². The van der Waals surface area contributed by atoms with Gasteiger partial charge in [0.15, 0.2) is 0 Å². The van der Waals surface area contributed by atoms with Crippen LogP contribution in [0.5, 0.6) is 0 Å². The molecule has 90 valence electrons. The standard InChI is InChI=1S/C13H20FNO/c1-3-10(4-2)15-9-13(16)11-7-5-6-8-12(11)14/h5-8,10,13,15-16H,3-4,9H2,1-2H3. The van der Waals surface area contributed by atoms with Crippen molar-refractivity contribution in [3.63, 3.8) is 0 Å². The van der Waals surface area contributed by atoms with Crippen molar-refractivity contribution in [1.82, 2.24) is 5.32 Å². The van der Waals surface area contributed by atoms with Crippen molar-refractivity contribution in [2.75, 3.05) is 6.54 Å². The van der Waals surface area contributed by atoms with Crippen molar-refractivity contribution in [3.8, 4) is 0 Å². The summed E-state index contributed by atoms with van der Waals surface area (Å²) in [5, 5.41) is 13.1. The van der Waals surface area contributed by atoms with Crippen molar-refractivity contribution in [1.29, 1.82) is 0 Å². The number of aliphatic hydroxyl groups is 1. The lowest BCUT2D eigenvalue weighted by Gasteiger charge is -2.18. The van der Waals surface area contributed by atoms with Crippen LogP contribution < -0.4 is 5.32 Å². The summed E-state index contributed by atoms with van der Waals surface area (Å²) in [6, 6.07) is 6.74. The number of benzene rings is 1. The van der Waals surface area contributed by atoms with Crippen LogP contribution in [0.2, 0.25) is 0 Å². The Balaban J connectivity index is 2.52. The van der Waals surface area contributed by atoms with Crippen molar-refractivity contribution in [2.24, 2.45) is 0 Å². The molecule has 0 radical (unpaired) electrons. The molecule has 0 amide bonds. The highest BCUT2D eigenvalue weighted by Crippen LogP contribution is 2.16. The van der Waals surface area contributed by atoms with E-state index in [0.29, 0.717) is 18.2 Å². The molecule has 0 aromatic heterocycles. The Labute approximate surface area is 96.5 Å². The second kappa shape index (κ2) is 6.61. The molecule has 16 heavy (non-hydrogen) atoms. The minimum atomic E-state index is -0.776. The largest absolute Gasteiger partial charge is 0.387 e. The highest BCUT2D eigenvalue weighted by atomic mass is 19.1. The number of hydrogen-bond donors (Lipinski definition) is 2. The molecule has 1 atom stereocenters. The van der Waals surface area contributed by atoms with E-state index in [1.807, 2.05) is 0 Å². The SMILES string of the molecule is CCC(CC)NCC(O)c1ccccc1F. The summed E-state index contributed by atoms with van der Waals surface area (Å²) in [7, 11) is 0. The maximum Gasteiger partial charge on any atom is 0.129 e. The number of hydrogen-bond acceptors (Lipinski definition) is 2. The summed E-state index contributed by atoms with van der Waals surface area (Å²) in [4.78, 5) is 0. The fourth-order valence-electron chi connectivity index (χ4n) is 1.71. The average molecular weight is 225 g/mol. The Morgan fingerprint density at radius 1 is 1.25 bits per heavy atom. The van der Waals surface area contributed by atoms with Crippen LogP contribution in [0.1, 0.15) is 38.4 Å². The van der Waals surface area contributed by atoms with E-state index in [0.717, 1.165) is 12.8 Å². The molecule has 0 bridgehead atoms. The molecule has 0 heterocycles. The van der Waals surface area contributed by atoms with E-state index < -0.39 is 6.10 Å². The third-order valence-corrected chi connectivity index (χ3v) is 2.85. The Hall–Kier alpha value is -0.930. The first-order valence-electron chi connectivity index (χ1n) is 5.84. The summed E-state index contributed by atoms with van der Waals surface area (Å²) < 4.78 is 13.3. The summed E-state index contributed by atoms with van der Waals surface area (Å²) in [6.07, 6.45) is 1.25. The van der Waals surface area contributed by atoms with Gasteiger partial charge in [0, 0.05) is 18.2 Å². The molecular formula is C13H20FNO. The number of halogens is 1. The predicted molar refractivity (Wildman–Crippen MR) is 63.7 cm³/mol. The first kappa shape index (κ1) is 13.1. The Morgan fingerprint density at radius 2 is 1.88 bits per heavy atom. The van der Waals surface area contributed by atoms with E-state index in [4.69, 9.17) is 0 Å². The van der Waals surface area contributed by atoms with E-state index >= 15 is 0 Å². The molecule has 2 N–H and O–H groups in total. The van der Waals surface area contributed by atoms with Crippen LogP contribution in [0, 0.1) is 5.82 Å². The molecule has 1 aromatic carbocycles. The van der Waals surface area contributed by atoms with E-state index in [9.17, 15) is 9.50 Å². The van der Waals surface area contributed by atoms with Crippen LogP contribution in [0.15, 0.2) is 24.3 Å². The van der Waals surface area contributed by atoms with Gasteiger partial charge in [-0.15, -0.1) is 0 Å². The third kappa shape index (κ3) is 3.58. The highest BCUT2D eigenvalue weighted by molar-refractivity contribution is 5.19. The van der Waals surface area contributed by atoms with Gasteiger partial charge in [0.05, 0.1) is 6.10 Å². The van der Waals surface area contributed by atoms with E-state index in [2.05, 4.69) is 19.2 Å². The molecule has 1 rings (SSSR count). The van der Waals surface area contributed by atoms with Crippen LogP contribution in [-0.4, -0.2) is 17.7 Å². The normalized spacial score (nSPS) is 13.1. The molecule has 3 heteroatoms. The molecule has 0 spiro atoms. The first-order chi connectivity index (χ1) is 7.69. The quantitative estimate of drug-likeness (QED) is 0.780. The van der Waals surface area contributed by atoms with E-state index in [-0.39, 0.29) is 5.82 Å². The highest BCUT2D eigenvalue weighted by Gasteiger charge is 2.13. The number of rotatable bonds is 6. The van der Waals surface area contributed by atoms with Gasteiger partial charge in [-0.3, -0.25) is 0 Å². The van der Waals surface area contributed by atoms with Crippen LogP contribution in [0.4, 0.5) is 4.39 Å². The Morgan fingerprint density at radius 3 is 2.44 bits per heavy atom. The number of nitrogens with one attached hydrogen (secondary N) is 1. The molecule has 1 unspecified atom stereocenters. The van der Waals surface area contributed by atoms with Gasteiger partial charge in [-0.25, -0.2) is 4.39 Å². The zero-order chi connectivity index (χ0) is 12.0. The van der Waals surface area contributed by atoms with Crippen molar-refractivity contribution in [3.05, 3.63) is 35.6 Å². The molecular weight excluding hydrogens is 205 g/mol. The van der Waals surface area contributed by atoms with Gasteiger partial charge in [0.1, 0.15) is 5.82 Å². The Bertz CT molecular complexity index is 313. The summed E-state index contributed by atoms with van der Waals surface area (Å²) in [5.74, 6) is -0.346. The minimum absolute atomic E-state index is 0.346. The van der Waals surface area contributed by atoms with Crippen molar-refractivity contribution in [2.45, 2.75) is 38.8 Å². The molecule has 0 saturated carbocycles. The zero-order valence-electron chi connectivity index (χ0n) is 9.91. The zero-order valence-corrected chi connectivity index (χ0v) is 9.91. The lowest BCUT2D eigenvalue weighted by Crippen LogP contribution is -2.31. The minimum Gasteiger partial charge on any atom is -0.387 e. The molecule has 0 aliphatic heterocycles. The van der Waals surface area contributed by atoms with Gasteiger partial charge >= 0.3 is 0 Å². The molecule has 0 fully saturated rings. The first-order valence-corrected chi connectivity index (χ1v) is 5.84. The topological polar surface area (TPSA) is 32.3 Å². The predicted octanol–water partition coefficient (Wildman–Crippen LogP) is 2.64. The lowest BCUT2D eigenvalue weighted by molar-refractivity contribution is 0.164. The van der Waals surface area contributed by atoms with Gasteiger partial charge in [0.2, 0.25) is 0 Å². The Kier molecular flexibility index (Phi) is 5.43. The maximum atomic E-state index is 13.3. The second-order valence-electron chi connectivity index (χ2n) is 3.96. The van der Waals surface area contributed by atoms with Crippen molar-refractivity contribution >= 4 is 0 Å². The van der Waals surface area contributed by atoms with Gasteiger partial charge in [0.25, 0.3) is 0 Å². The third-order valence-electron chi connectivity index (χ3n) is 2.85. The second-order valence-corrected chi connectivity index (χ2v) is 3.96. The fourth-order valence-corrected chi connectivity index (χ4v) is 1.71. The number of aliphatic hydroxyl groups excluding tert-OH is 1. The summed E-state index contributed by atoms with van der Waals surface area (Å²) in [5.41, 5.74) is 0.362. The van der Waals surface area contributed by atoms with E-state index in [1.54, 1.807) is 18.2 Å². The van der Waals surface area contributed by atoms with Crippen molar-refractivity contribution < 1.29 is 9.50 Å². The lowest BCUT2D eigenvalue weighted by atomic mass is 10.1. The summed E-state index contributed by atoms with van der Waals surface area (Å²) in [6.45, 7) is 4.58. The molecule has 0 aliphatic rings. The van der Waals surface area contributed by atoms with Gasteiger partial charge in [-0.05, 0) is 18.9 Å². The smallest absolute Gasteiger partial charge is 0.129 e. The van der Waals surface area contributed by atoms with Crippen LogP contribution in [0.25, 0.3) is 0 Å². The molecule has 0 saturated heterocycles. The fraction of sp³-hybridized carbons (Fsp3) is 0.538. The van der Waals surface area contributed by atoms with Gasteiger partial charge < -0.3 is 10.4 Å².